The third-order valence-electron chi connectivity index (χ3n) is 2.76. The van der Waals surface area contributed by atoms with Crippen molar-refractivity contribution in [1.29, 1.82) is 0 Å². The largest absolute Gasteiger partial charge is 1.00 e. The van der Waals surface area contributed by atoms with Gasteiger partial charge in [-0.05, 0) is 0 Å². The molecule has 0 bridgehead atoms. The van der Waals surface area contributed by atoms with Crippen LogP contribution in [-0.2, 0) is 0 Å². The summed E-state index contributed by atoms with van der Waals surface area (Å²) in [6, 6.07) is 5.88. The molecule has 0 radical (unpaired) electrons. The number of hydrogen-bond acceptors (Lipinski definition) is 3. The molecule has 0 saturated carbocycles. The van der Waals surface area contributed by atoms with Crippen LogP contribution in [0.2, 0.25) is 0 Å². The summed E-state index contributed by atoms with van der Waals surface area (Å²) in [4.78, 5) is 0. The summed E-state index contributed by atoms with van der Waals surface area (Å²) in [6.07, 6.45) is 5.44. The zero-order valence-electron chi connectivity index (χ0n) is 9.51. The Labute approximate surface area is 120 Å². The first-order valence-electron chi connectivity index (χ1n) is 5.13. The van der Waals surface area contributed by atoms with Gasteiger partial charge in [0.1, 0.15) is 6.71 Å². The normalized spacial score (nSPS) is 10.4. The van der Waals surface area contributed by atoms with E-state index in [0.29, 0.717) is 0 Å². The molecule has 3 N–H and O–H groups in total. The van der Waals surface area contributed by atoms with Crippen LogP contribution in [0.15, 0.2) is 36.8 Å². The predicted molar refractivity (Wildman–Crippen MR) is 61.8 cm³/mol. The van der Waals surface area contributed by atoms with E-state index in [9.17, 15) is 0 Å². The topological polar surface area (TPSA) is 86.0 Å². The van der Waals surface area contributed by atoms with Crippen molar-refractivity contribution in [2.24, 2.45) is 0 Å². The Hall–Kier alpha value is -1.31. The maximum absolute atomic E-state index is 4.23. The van der Waals surface area contributed by atoms with E-state index in [1.54, 1.807) is 0 Å². The minimum absolute atomic E-state index is 0. The van der Waals surface area contributed by atoms with E-state index in [1.807, 2.05) is 36.8 Å². The number of rotatable bonds is 3. The molecule has 0 aromatic carbocycles. The molecule has 0 amide bonds. The monoisotopic (exact) mass is 236 g/mol. The molecule has 0 atom stereocenters. The molecule has 80 valence electrons. The van der Waals surface area contributed by atoms with Crippen molar-refractivity contribution in [1.82, 2.24) is 30.6 Å². The second kappa shape index (κ2) is 5.35. The fraction of sp³-hybridized carbons (Fsp3) is 0. The van der Waals surface area contributed by atoms with E-state index in [4.69, 9.17) is 0 Å². The maximum atomic E-state index is 4.23. The number of nitrogens with one attached hydrogen (secondary N) is 3. The molecule has 3 heterocycles. The van der Waals surface area contributed by atoms with Crippen LogP contribution in [0, 0.1) is 0 Å². The Kier molecular flexibility index (Phi) is 3.83. The molecule has 3 aromatic rings. The number of aromatic nitrogens is 6. The molecule has 17 heavy (non-hydrogen) atoms. The van der Waals surface area contributed by atoms with Crippen LogP contribution in [0.4, 0.5) is 0 Å². The SMILES string of the molecule is [Na+].c1cc([BH-](c2cc[nH]n2)c2cc[nH]n2)n[nH]1. The van der Waals surface area contributed by atoms with Crippen molar-refractivity contribution < 1.29 is 29.6 Å². The Balaban J connectivity index is 0.00000108. The third kappa shape index (κ3) is 2.36. The average Bonchev–Trinajstić information content (AvgIpc) is 3.02. The van der Waals surface area contributed by atoms with Gasteiger partial charge in [-0.2, -0.15) is 0 Å². The molecular formula is C9H10BN6Na. The Morgan fingerprint density at radius 3 is 1.29 bits per heavy atom. The first-order chi connectivity index (χ1) is 7.95. The molecule has 0 unspecified atom stereocenters. The number of hydrogen-bond donors (Lipinski definition) is 3. The molecule has 0 spiro atoms. The van der Waals surface area contributed by atoms with Crippen LogP contribution < -0.4 is 46.3 Å². The third-order valence-corrected chi connectivity index (χ3v) is 2.76. The Bertz CT molecular complexity index is 451. The van der Waals surface area contributed by atoms with Crippen molar-refractivity contribution >= 4 is 23.5 Å². The van der Waals surface area contributed by atoms with Gasteiger partial charge in [-0.15, -0.1) is 0 Å². The van der Waals surface area contributed by atoms with E-state index in [1.165, 1.54) is 0 Å². The maximum Gasteiger partial charge on any atom is 1.00 e. The Morgan fingerprint density at radius 1 is 0.706 bits per heavy atom. The van der Waals surface area contributed by atoms with Gasteiger partial charge in [-0.1, -0.05) is 35.0 Å². The fourth-order valence-electron chi connectivity index (χ4n) is 2.02. The minimum atomic E-state index is -0.969. The van der Waals surface area contributed by atoms with Crippen molar-refractivity contribution in [2.45, 2.75) is 0 Å². The molecule has 0 aliphatic carbocycles. The molecule has 0 fully saturated rings. The average molecular weight is 236 g/mol. The van der Waals surface area contributed by atoms with Crippen molar-refractivity contribution in [3.05, 3.63) is 36.8 Å². The summed E-state index contributed by atoms with van der Waals surface area (Å²) in [5.74, 6) is 0. The van der Waals surface area contributed by atoms with Crippen LogP contribution in [0.25, 0.3) is 0 Å². The smallest absolute Gasteiger partial charge is 0.289 e. The zero-order valence-corrected chi connectivity index (χ0v) is 11.5. The zero-order chi connectivity index (χ0) is 10.8. The van der Waals surface area contributed by atoms with Gasteiger partial charge in [-0.25, -0.2) is 15.3 Å². The summed E-state index contributed by atoms with van der Waals surface area (Å²) in [5, 5.41) is 21.2. The summed E-state index contributed by atoms with van der Waals surface area (Å²) in [7, 11) is 0. The summed E-state index contributed by atoms with van der Waals surface area (Å²) in [6.45, 7) is -0.969. The van der Waals surface area contributed by atoms with Crippen molar-refractivity contribution in [3.63, 3.8) is 0 Å². The second-order valence-electron chi connectivity index (χ2n) is 3.73. The van der Waals surface area contributed by atoms with Gasteiger partial charge in [0.2, 0.25) is 0 Å². The summed E-state index contributed by atoms with van der Waals surface area (Å²) >= 11 is 0. The van der Waals surface area contributed by atoms with Gasteiger partial charge in [0.15, 0.2) is 0 Å². The van der Waals surface area contributed by atoms with E-state index in [2.05, 4.69) is 30.6 Å². The Morgan fingerprint density at radius 2 is 1.06 bits per heavy atom. The van der Waals surface area contributed by atoms with Gasteiger partial charge in [0, 0.05) is 18.6 Å². The standard InChI is InChI=1S/C9H10BN6.Na/c1-4-11-14-7(1)10(8-2-5-12-15-8)9-3-6-13-16-9;/h1-6,10H,(H,11,14)(H,12,15)(H,13,16);/q-1;+1. The van der Waals surface area contributed by atoms with E-state index in [-0.39, 0.29) is 29.6 Å². The van der Waals surface area contributed by atoms with Crippen molar-refractivity contribution in [2.75, 3.05) is 0 Å². The van der Waals surface area contributed by atoms with Crippen LogP contribution in [0.5, 0.6) is 0 Å². The molecule has 6 nitrogen and oxygen atoms in total. The quantitative estimate of drug-likeness (QED) is 0.398. The molecule has 3 rings (SSSR count). The molecule has 0 saturated heterocycles. The first kappa shape index (κ1) is 12.2. The van der Waals surface area contributed by atoms with Gasteiger partial charge < -0.3 is 0 Å². The summed E-state index contributed by atoms with van der Waals surface area (Å²) in [5.41, 5.74) is 2.96. The van der Waals surface area contributed by atoms with Crippen LogP contribution >= 0.6 is 0 Å². The van der Waals surface area contributed by atoms with Crippen LogP contribution in [0.3, 0.4) is 0 Å². The van der Waals surface area contributed by atoms with E-state index >= 15 is 0 Å². The fourth-order valence-corrected chi connectivity index (χ4v) is 2.02. The van der Waals surface area contributed by atoms with Gasteiger partial charge in [0.05, 0.1) is 0 Å². The number of aromatic amines is 3. The van der Waals surface area contributed by atoms with Crippen LogP contribution in [0.1, 0.15) is 0 Å². The molecule has 8 heteroatoms. The molecule has 3 aromatic heterocycles. The van der Waals surface area contributed by atoms with Crippen molar-refractivity contribution in [3.8, 4) is 0 Å². The van der Waals surface area contributed by atoms with E-state index < -0.39 is 6.71 Å². The summed E-state index contributed by atoms with van der Waals surface area (Å²) < 4.78 is 0. The predicted octanol–water partition coefficient (Wildman–Crippen LogP) is -4.89. The molecule has 0 aliphatic rings. The van der Waals surface area contributed by atoms with E-state index in [0.717, 1.165) is 16.8 Å². The molecular weight excluding hydrogens is 226 g/mol. The number of nitrogens with zero attached hydrogens (tertiary/aromatic N) is 3. The van der Waals surface area contributed by atoms with Gasteiger partial charge in [0.25, 0.3) is 0 Å². The van der Waals surface area contributed by atoms with Gasteiger partial charge in [-0.3, -0.25) is 15.3 Å². The molecule has 0 aliphatic heterocycles. The van der Waals surface area contributed by atoms with Crippen LogP contribution in [-0.4, -0.2) is 37.3 Å². The minimum Gasteiger partial charge on any atom is -0.289 e. The second-order valence-corrected chi connectivity index (χ2v) is 3.73. The number of H-pyrrole nitrogens is 3. The van der Waals surface area contributed by atoms with Gasteiger partial charge >= 0.3 is 29.6 Å². The first-order valence-corrected chi connectivity index (χ1v) is 5.13.